The van der Waals surface area contributed by atoms with Crippen LogP contribution in [0.5, 0.6) is 0 Å². The van der Waals surface area contributed by atoms with Crippen molar-refractivity contribution in [2.24, 2.45) is 11.3 Å². The van der Waals surface area contributed by atoms with E-state index in [9.17, 15) is 9.90 Å². The van der Waals surface area contributed by atoms with Crippen LogP contribution in [0.15, 0.2) is 12.3 Å². The number of hydrogen-bond acceptors (Lipinski definition) is 4. The molecule has 2 saturated heterocycles. The molecule has 0 unspecified atom stereocenters. The molecular weight excluding hydrogens is 303 g/mol. The second-order valence-electron chi connectivity index (χ2n) is 5.34. The predicted octanol–water partition coefficient (Wildman–Crippen LogP) is 2.32. The topological polar surface area (TPSA) is 62.7 Å². The molecule has 20 heavy (non-hydrogen) atoms. The highest BCUT2D eigenvalue weighted by atomic mass is 35.5. The lowest BCUT2D eigenvalue weighted by Gasteiger charge is -2.33. The van der Waals surface area contributed by atoms with Crippen LogP contribution in [0.4, 0.5) is 5.82 Å². The summed E-state index contributed by atoms with van der Waals surface area (Å²) in [5.41, 5.74) is -0.858. The molecular formula is C13H14Cl2N2O3. The molecule has 1 aromatic rings. The van der Waals surface area contributed by atoms with E-state index in [1.807, 2.05) is 4.90 Å². The summed E-state index contributed by atoms with van der Waals surface area (Å²) in [5.74, 6) is -0.164. The van der Waals surface area contributed by atoms with E-state index in [2.05, 4.69) is 4.98 Å². The number of halogens is 2. The smallest absolute Gasteiger partial charge is 0.314 e. The van der Waals surface area contributed by atoms with Gasteiger partial charge in [0.1, 0.15) is 11.2 Å². The molecule has 1 N–H and O–H groups in total. The quantitative estimate of drug-likeness (QED) is 0.907. The van der Waals surface area contributed by atoms with Crippen LogP contribution in [-0.4, -0.2) is 42.4 Å². The first-order chi connectivity index (χ1) is 9.53. The summed E-state index contributed by atoms with van der Waals surface area (Å²) < 4.78 is 5.40. The van der Waals surface area contributed by atoms with Crippen molar-refractivity contribution in [2.75, 3.05) is 31.2 Å². The molecule has 1 aromatic heterocycles. The molecule has 108 valence electrons. The van der Waals surface area contributed by atoms with E-state index in [1.165, 1.54) is 6.20 Å². The summed E-state index contributed by atoms with van der Waals surface area (Å²) in [6.45, 7) is 1.84. The second-order valence-corrected chi connectivity index (χ2v) is 6.18. The van der Waals surface area contributed by atoms with Crippen LogP contribution in [0.1, 0.15) is 6.42 Å². The zero-order valence-electron chi connectivity index (χ0n) is 10.7. The van der Waals surface area contributed by atoms with E-state index in [0.29, 0.717) is 35.6 Å². The Morgan fingerprint density at radius 3 is 3.00 bits per heavy atom. The molecule has 3 heterocycles. The van der Waals surface area contributed by atoms with E-state index in [1.54, 1.807) is 6.07 Å². The molecule has 2 aliphatic heterocycles. The van der Waals surface area contributed by atoms with Gasteiger partial charge in [0.05, 0.1) is 16.7 Å². The van der Waals surface area contributed by atoms with Gasteiger partial charge < -0.3 is 14.7 Å². The highest BCUT2D eigenvalue weighted by Crippen LogP contribution is 2.44. The summed E-state index contributed by atoms with van der Waals surface area (Å²) in [5, 5.41) is 10.5. The fourth-order valence-corrected chi connectivity index (χ4v) is 3.59. The Kier molecular flexibility index (Phi) is 3.52. The number of pyridine rings is 1. The number of nitrogens with zero attached hydrogens (tertiary/aromatic N) is 2. The van der Waals surface area contributed by atoms with Crippen molar-refractivity contribution < 1.29 is 14.6 Å². The SMILES string of the molecule is O=C(O)[C@]12COCC[C@H]1CN(c1ncc(Cl)cc1Cl)C2. The van der Waals surface area contributed by atoms with Crippen LogP contribution < -0.4 is 4.90 Å². The summed E-state index contributed by atoms with van der Waals surface area (Å²) >= 11 is 12.0. The zero-order valence-corrected chi connectivity index (χ0v) is 12.2. The fourth-order valence-electron chi connectivity index (χ4n) is 3.09. The maximum atomic E-state index is 11.7. The van der Waals surface area contributed by atoms with Gasteiger partial charge in [-0.25, -0.2) is 4.98 Å². The lowest BCUT2D eigenvalue weighted by atomic mass is 9.76. The van der Waals surface area contributed by atoms with Gasteiger partial charge in [0.25, 0.3) is 0 Å². The van der Waals surface area contributed by atoms with Crippen molar-refractivity contribution in [1.29, 1.82) is 0 Å². The van der Waals surface area contributed by atoms with Crippen LogP contribution in [0, 0.1) is 11.3 Å². The molecule has 0 radical (unpaired) electrons. The molecule has 0 aliphatic carbocycles. The average molecular weight is 317 g/mol. The Hall–Kier alpha value is -1.04. The van der Waals surface area contributed by atoms with Crippen LogP contribution in [0.3, 0.4) is 0 Å². The first-order valence-corrected chi connectivity index (χ1v) is 7.16. The Morgan fingerprint density at radius 2 is 2.35 bits per heavy atom. The van der Waals surface area contributed by atoms with E-state index < -0.39 is 11.4 Å². The van der Waals surface area contributed by atoms with E-state index >= 15 is 0 Å². The molecule has 7 heteroatoms. The van der Waals surface area contributed by atoms with E-state index in [0.717, 1.165) is 6.42 Å². The first-order valence-electron chi connectivity index (χ1n) is 6.40. The van der Waals surface area contributed by atoms with Crippen LogP contribution in [-0.2, 0) is 9.53 Å². The largest absolute Gasteiger partial charge is 0.481 e. The van der Waals surface area contributed by atoms with Crippen molar-refractivity contribution in [1.82, 2.24) is 4.98 Å². The maximum Gasteiger partial charge on any atom is 0.314 e. The minimum Gasteiger partial charge on any atom is -0.481 e. The van der Waals surface area contributed by atoms with Gasteiger partial charge >= 0.3 is 5.97 Å². The second kappa shape index (κ2) is 5.06. The summed E-state index contributed by atoms with van der Waals surface area (Å²) in [7, 11) is 0. The number of carboxylic acid groups (broad SMARTS) is 1. The Bertz CT molecular complexity index is 554. The molecule has 0 bridgehead atoms. The average Bonchev–Trinajstić information content (AvgIpc) is 2.79. The zero-order chi connectivity index (χ0) is 14.3. The molecule has 0 saturated carbocycles. The van der Waals surface area contributed by atoms with Crippen LogP contribution in [0.25, 0.3) is 0 Å². The fraction of sp³-hybridized carbons (Fsp3) is 0.538. The monoisotopic (exact) mass is 316 g/mol. The van der Waals surface area contributed by atoms with Crippen molar-refractivity contribution in [3.63, 3.8) is 0 Å². The summed E-state index contributed by atoms with van der Waals surface area (Å²) in [6.07, 6.45) is 2.27. The first kappa shape index (κ1) is 13.9. The highest BCUT2D eigenvalue weighted by Gasteiger charge is 2.54. The number of rotatable bonds is 2. The third-order valence-electron chi connectivity index (χ3n) is 4.18. The number of carboxylic acids is 1. The lowest BCUT2D eigenvalue weighted by molar-refractivity contribution is -0.159. The number of hydrogen-bond donors (Lipinski definition) is 1. The standard InChI is InChI=1S/C13H14Cl2N2O3/c14-9-3-10(15)11(16-4-9)17-5-8-1-2-20-7-13(8,6-17)12(18)19/h3-4,8H,1-2,5-7H2,(H,18,19)/t8-,13+/m0/s1. The van der Waals surface area contributed by atoms with Gasteiger partial charge in [-0.15, -0.1) is 0 Å². The van der Waals surface area contributed by atoms with E-state index in [-0.39, 0.29) is 12.5 Å². The summed E-state index contributed by atoms with van der Waals surface area (Å²) in [4.78, 5) is 17.9. The summed E-state index contributed by atoms with van der Waals surface area (Å²) in [6, 6.07) is 1.62. The van der Waals surface area contributed by atoms with Crippen LogP contribution in [0.2, 0.25) is 10.0 Å². The number of carbonyl (C=O) groups is 1. The van der Waals surface area contributed by atoms with Crippen LogP contribution >= 0.6 is 23.2 Å². The van der Waals surface area contributed by atoms with Crippen molar-refractivity contribution in [3.05, 3.63) is 22.3 Å². The highest BCUT2D eigenvalue weighted by molar-refractivity contribution is 6.36. The Morgan fingerprint density at radius 1 is 1.55 bits per heavy atom. The minimum atomic E-state index is -0.858. The molecule has 3 rings (SSSR count). The van der Waals surface area contributed by atoms with Gasteiger partial charge in [-0.3, -0.25) is 4.79 Å². The number of ether oxygens (including phenoxy) is 1. The molecule has 0 amide bonds. The van der Waals surface area contributed by atoms with Gasteiger partial charge in [-0.2, -0.15) is 0 Å². The minimum absolute atomic E-state index is 0.0577. The molecule has 0 aromatic carbocycles. The number of anilines is 1. The molecule has 5 nitrogen and oxygen atoms in total. The number of fused-ring (bicyclic) bond motifs is 1. The van der Waals surface area contributed by atoms with Gasteiger partial charge in [0, 0.05) is 25.9 Å². The lowest BCUT2D eigenvalue weighted by Crippen LogP contribution is -2.46. The van der Waals surface area contributed by atoms with Crippen molar-refractivity contribution in [2.45, 2.75) is 6.42 Å². The van der Waals surface area contributed by atoms with Gasteiger partial charge in [0.15, 0.2) is 0 Å². The van der Waals surface area contributed by atoms with Gasteiger partial charge in [-0.1, -0.05) is 23.2 Å². The molecule has 2 aliphatic rings. The third-order valence-corrected chi connectivity index (χ3v) is 4.66. The van der Waals surface area contributed by atoms with Crippen molar-refractivity contribution in [3.8, 4) is 0 Å². The normalized spacial score (nSPS) is 29.3. The molecule has 2 fully saturated rings. The van der Waals surface area contributed by atoms with Gasteiger partial charge in [-0.05, 0) is 18.4 Å². The molecule has 2 atom stereocenters. The number of aliphatic carboxylic acids is 1. The van der Waals surface area contributed by atoms with Gasteiger partial charge in [0.2, 0.25) is 0 Å². The third kappa shape index (κ3) is 2.14. The predicted molar refractivity (Wildman–Crippen MR) is 75.5 cm³/mol. The number of aromatic nitrogens is 1. The maximum absolute atomic E-state index is 11.7. The Balaban J connectivity index is 1.92. The van der Waals surface area contributed by atoms with Crippen molar-refractivity contribution >= 4 is 35.0 Å². The molecule has 0 spiro atoms. The Labute approximate surface area is 126 Å². The van der Waals surface area contributed by atoms with E-state index in [4.69, 9.17) is 27.9 Å².